The quantitative estimate of drug-likeness (QED) is 0.544. The lowest BCUT2D eigenvalue weighted by atomic mass is 10.4. The van der Waals surface area contributed by atoms with E-state index in [2.05, 4.69) is 5.32 Å². The average Bonchev–Trinajstić information content (AvgIpc) is 2.24. The Bertz CT molecular complexity index is 437. The number of hydrogen-bond donors (Lipinski definition) is 3. The van der Waals surface area contributed by atoms with Gasteiger partial charge in [-0.3, -0.25) is 13.9 Å². The van der Waals surface area contributed by atoms with Crippen molar-refractivity contribution in [3.05, 3.63) is 20.8 Å². The Kier molecular flexibility index (Phi) is 3.15. The number of aliphatic hydroxyl groups excluding tert-OH is 1. The van der Waals surface area contributed by atoms with E-state index in [0.717, 1.165) is 4.57 Å². The van der Waals surface area contributed by atoms with Gasteiger partial charge in [0.25, 0.3) is 5.56 Å². The molecule has 0 spiro atoms. The number of nitrogen functional groups attached to an aromatic ring is 1. The van der Waals surface area contributed by atoms with Gasteiger partial charge in [0.15, 0.2) is 0 Å². The molecular weight excluding hydrogens is 200 g/mol. The van der Waals surface area contributed by atoms with Crippen molar-refractivity contribution < 1.29 is 5.11 Å². The molecule has 84 valence electrons. The van der Waals surface area contributed by atoms with Crippen LogP contribution in [0.3, 0.4) is 0 Å². The van der Waals surface area contributed by atoms with Crippen molar-refractivity contribution in [1.29, 1.82) is 0 Å². The Labute approximate surface area is 85.8 Å². The van der Waals surface area contributed by atoms with Gasteiger partial charge in [-0.15, -0.1) is 0 Å². The summed E-state index contributed by atoms with van der Waals surface area (Å²) < 4.78 is 2.16. The van der Waals surface area contributed by atoms with Gasteiger partial charge >= 0.3 is 5.69 Å². The summed E-state index contributed by atoms with van der Waals surface area (Å²) in [6.45, 7) is 0.119. The number of nitrogens with one attached hydrogen (secondary N) is 1. The van der Waals surface area contributed by atoms with Crippen LogP contribution < -0.4 is 22.3 Å². The number of nitrogens with zero attached hydrogens (tertiary/aromatic N) is 2. The first-order chi connectivity index (χ1) is 7.00. The zero-order valence-electron chi connectivity index (χ0n) is 8.65. The average molecular weight is 214 g/mol. The lowest BCUT2D eigenvalue weighted by molar-refractivity contribution is 0.310. The molecule has 0 radical (unpaired) electrons. The third-order valence-electron chi connectivity index (χ3n) is 2.10. The number of aliphatic hydroxyl groups is 1. The number of rotatable bonds is 3. The van der Waals surface area contributed by atoms with E-state index in [9.17, 15) is 9.59 Å². The summed E-state index contributed by atoms with van der Waals surface area (Å²) in [6.07, 6.45) is 0. The fourth-order valence-corrected chi connectivity index (χ4v) is 1.26. The van der Waals surface area contributed by atoms with Crippen LogP contribution in [-0.4, -0.2) is 27.4 Å². The van der Waals surface area contributed by atoms with E-state index in [-0.39, 0.29) is 24.7 Å². The van der Waals surface area contributed by atoms with Gasteiger partial charge in [-0.1, -0.05) is 0 Å². The highest BCUT2D eigenvalue weighted by Gasteiger charge is 2.11. The molecule has 0 amide bonds. The lowest BCUT2D eigenvalue weighted by Gasteiger charge is -2.13. The normalized spacial score (nSPS) is 10.3. The summed E-state index contributed by atoms with van der Waals surface area (Å²) >= 11 is 0. The fraction of sp³-hybridized carbons (Fsp3) is 0.500. The summed E-state index contributed by atoms with van der Waals surface area (Å²) in [4.78, 5) is 22.9. The molecule has 1 aromatic rings. The molecule has 1 aromatic heterocycles. The van der Waals surface area contributed by atoms with Crippen LogP contribution in [0.25, 0.3) is 0 Å². The van der Waals surface area contributed by atoms with Crippen molar-refractivity contribution >= 4 is 11.5 Å². The first kappa shape index (κ1) is 11.3. The number of aromatic nitrogens is 2. The van der Waals surface area contributed by atoms with Gasteiger partial charge in [0.05, 0.1) is 6.61 Å². The number of hydrogen-bond acceptors (Lipinski definition) is 5. The van der Waals surface area contributed by atoms with E-state index in [1.165, 1.54) is 18.7 Å². The molecule has 1 heterocycles. The molecule has 0 saturated carbocycles. The van der Waals surface area contributed by atoms with E-state index >= 15 is 0 Å². The maximum absolute atomic E-state index is 11.5. The maximum atomic E-state index is 11.5. The van der Waals surface area contributed by atoms with Crippen molar-refractivity contribution in [1.82, 2.24) is 9.13 Å². The molecule has 7 nitrogen and oxygen atoms in total. The van der Waals surface area contributed by atoms with E-state index in [0.29, 0.717) is 0 Å². The Morgan fingerprint density at radius 3 is 2.47 bits per heavy atom. The zero-order valence-corrected chi connectivity index (χ0v) is 8.65. The SMILES string of the molecule is Cn1c(NCCO)c(N)c(=O)n(C)c1=O. The van der Waals surface area contributed by atoms with E-state index in [4.69, 9.17) is 10.8 Å². The van der Waals surface area contributed by atoms with Crippen molar-refractivity contribution in [2.45, 2.75) is 0 Å². The van der Waals surface area contributed by atoms with Gasteiger partial charge in [0.2, 0.25) is 0 Å². The molecule has 0 aromatic carbocycles. The third kappa shape index (κ3) is 1.86. The van der Waals surface area contributed by atoms with Crippen LogP contribution in [0.2, 0.25) is 0 Å². The van der Waals surface area contributed by atoms with Crippen LogP contribution in [0, 0.1) is 0 Å². The van der Waals surface area contributed by atoms with Gasteiger partial charge in [-0.05, 0) is 0 Å². The van der Waals surface area contributed by atoms with Crippen molar-refractivity contribution in [3.63, 3.8) is 0 Å². The van der Waals surface area contributed by atoms with Gasteiger partial charge in [0.1, 0.15) is 11.5 Å². The van der Waals surface area contributed by atoms with Gasteiger partial charge in [-0.2, -0.15) is 0 Å². The van der Waals surface area contributed by atoms with Crippen LogP contribution >= 0.6 is 0 Å². The molecule has 0 aliphatic rings. The second-order valence-electron chi connectivity index (χ2n) is 3.12. The highest BCUT2D eigenvalue weighted by Crippen LogP contribution is 2.08. The molecule has 7 heteroatoms. The minimum Gasteiger partial charge on any atom is -0.395 e. The van der Waals surface area contributed by atoms with Crippen molar-refractivity contribution in [2.24, 2.45) is 14.1 Å². The van der Waals surface area contributed by atoms with Gasteiger partial charge < -0.3 is 16.2 Å². The molecule has 0 aliphatic heterocycles. The first-order valence-electron chi connectivity index (χ1n) is 4.41. The molecule has 1 rings (SSSR count). The number of anilines is 2. The topological polar surface area (TPSA) is 102 Å². The highest BCUT2D eigenvalue weighted by atomic mass is 16.3. The minimum atomic E-state index is -0.543. The predicted octanol–water partition coefficient (Wildman–Crippen LogP) is -1.93. The smallest absolute Gasteiger partial charge is 0.332 e. The Morgan fingerprint density at radius 2 is 1.93 bits per heavy atom. The van der Waals surface area contributed by atoms with Gasteiger partial charge in [-0.25, -0.2) is 4.79 Å². The standard InChI is InChI=1S/C8H14N4O3/c1-11-6(10-3-4-13)5(9)7(14)12(2)8(11)15/h10,13H,3-4,9H2,1-2H3. The lowest BCUT2D eigenvalue weighted by Crippen LogP contribution is -2.39. The van der Waals surface area contributed by atoms with E-state index in [1.54, 1.807) is 0 Å². The van der Waals surface area contributed by atoms with E-state index < -0.39 is 11.2 Å². The largest absolute Gasteiger partial charge is 0.395 e. The molecule has 4 N–H and O–H groups in total. The molecule has 0 atom stereocenters. The predicted molar refractivity (Wildman–Crippen MR) is 56.9 cm³/mol. The molecule has 15 heavy (non-hydrogen) atoms. The molecule has 0 fully saturated rings. The zero-order chi connectivity index (χ0) is 11.6. The van der Waals surface area contributed by atoms with Crippen LogP contribution in [-0.2, 0) is 14.1 Å². The van der Waals surface area contributed by atoms with Crippen molar-refractivity contribution in [2.75, 3.05) is 24.2 Å². The Morgan fingerprint density at radius 1 is 1.33 bits per heavy atom. The third-order valence-corrected chi connectivity index (χ3v) is 2.10. The van der Waals surface area contributed by atoms with Crippen LogP contribution in [0.4, 0.5) is 11.5 Å². The highest BCUT2D eigenvalue weighted by molar-refractivity contribution is 5.60. The van der Waals surface area contributed by atoms with Crippen LogP contribution in [0.15, 0.2) is 9.59 Å². The number of nitrogens with two attached hydrogens (primary N) is 1. The summed E-state index contributed by atoms with van der Waals surface area (Å²) in [5.74, 6) is 0.233. The summed E-state index contributed by atoms with van der Waals surface area (Å²) in [5, 5.41) is 11.3. The Balaban J connectivity index is 3.39. The molecule has 0 aliphatic carbocycles. The maximum Gasteiger partial charge on any atom is 0.332 e. The molecular formula is C8H14N4O3. The summed E-state index contributed by atoms with van der Waals surface area (Å²) in [7, 11) is 2.86. The molecule has 0 saturated heterocycles. The first-order valence-corrected chi connectivity index (χ1v) is 4.41. The molecule has 0 bridgehead atoms. The van der Waals surface area contributed by atoms with Crippen LogP contribution in [0.5, 0.6) is 0 Å². The molecule has 0 unspecified atom stereocenters. The van der Waals surface area contributed by atoms with Crippen LogP contribution in [0.1, 0.15) is 0 Å². The summed E-state index contributed by atoms with van der Waals surface area (Å²) in [5.41, 5.74) is 4.52. The van der Waals surface area contributed by atoms with E-state index in [1.807, 2.05) is 0 Å². The van der Waals surface area contributed by atoms with Gasteiger partial charge in [0, 0.05) is 20.6 Å². The second kappa shape index (κ2) is 4.18. The second-order valence-corrected chi connectivity index (χ2v) is 3.12. The summed E-state index contributed by atoms with van der Waals surface area (Å²) in [6, 6.07) is 0. The monoisotopic (exact) mass is 214 g/mol. The van der Waals surface area contributed by atoms with Crippen molar-refractivity contribution in [3.8, 4) is 0 Å². The minimum absolute atomic E-state index is 0.0342. The fourth-order valence-electron chi connectivity index (χ4n) is 1.26. The Hall–Kier alpha value is -1.76.